The number of aliphatic hydroxyl groups excluding tert-OH is 1. The van der Waals surface area contributed by atoms with E-state index in [2.05, 4.69) is 5.32 Å². The first-order valence-corrected chi connectivity index (χ1v) is 6.44. The van der Waals surface area contributed by atoms with E-state index in [0.29, 0.717) is 29.8 Å². The van der Waals surface area contributed by atoms with E-state index in [1.54, 1.807) is 0 Å². The number of fused-ring (bicyclic) bond motifs is 3. The normalized spacial score (nSPS) is 54.8. The number of hydrogen-bond donors (Lipinski definition) is 3. The Bertz CT molecular complexity index is 246. The summed E-state index contributed by atoms with van der Waals surface area (Å²) >= 11 is 0. The van der Waals surface area contributed by atoms with Crippen molar-refractivity contribution in [2.45, 2.75) is 50.3 Å². The van der Waals surface area contributed by atoms with Gasteiger partial charge in [0.15, 0.2) is 0 Å². The van der Waals surface area contributed by atoms with Gasteiger partial charge in [0.2, 0.25) is 0 Å². The fourth-order valence-corrected chi connectivity index (χ4v) is 4.31. The zero-order chi connectivity index (χ0) is 10.4. The highest BCUT2D eigenvalue weighted by molar-refractivity contribution is 5.02. The van der Waals surface area contributed by atoms with E-state index >= 15 is 0 Å². The predicted molar refractivity (Wildman–Crippen MR) is 59.3 cm³/mol. The topological polar surface area (TPSA) is 58.3 Å². The van der Waals surface area contributed by atoms with Gasteiger partial charge in [0, 0.05) is 12.1 Å². The molecule has 2 saturated carbocycles. The minimum Gasteiger partial charge on any atom is -0.393 e. The summed E-state index contributed by atoms with van der Waals surface area (Å²) in [5, 5.41) is 13.6. The Morgan fingerprint density at radius 3 is 2.67 bits per heavy atom. The first-order chi connectivity index (χ1) is 7.27. The van der Waals surface area contributed by atoms with E-state index in [-0.39, 0.29) is 6.10 Å². The molecule has 6 atom stereocenters. The zero-order valence-corrected chi connectivity index (χ0v) is 9.23. The van der Waals surface area contributed by atoms with Gasteiger partial charge >= 0.3 is 0 Å². The maximum atomic E-state index is 9.94. The second kappa shape index (κ2) is 3.72. The molecular formula is C12H22N2O. The van der Waals surface area contributed by atoms with Crippen LogP contribution in [0.25, 0.3) is 0 Å². The average Bonchev–Trinajstić information content (AvgIpc) is 2.61. The summed E-state index contributed by atoms with van der Waals surface area (Å²) in [6.07, 6.45) is 5.70. The lowest BCUT2D eigenvalue weighted by Crippen LogP contribution is -2.57. The largest absolute Gasteiger partial charge is 0.393 e. The maximum absolute atomic E-state index is 9.94. The van der Waals surface area contributed by atoms with Crippen LogP contribution < -0.4 is 11.1 Å². The van der Waals surface area contributed by atoms with Crippen LogP contribution in [-0.4, -0.2) is 29.8 Å². The van der Waals surface area contributed by atoms with E-state index in [0.717, 1.165) is 19.4 Å². The molecule has 86 valence electrons. The van der Waals surface area contributed by atoms with Crippen molar-refractivity contribution < 1.29 is 5.11 Å². The van der Waals surface area contributed by atoms with Crippen LogP contribution in [0.5, 0.6) is 0 Å². The molecule has 0 bridgehead atoms. The summed E-state index contributed by atoms with van der Waals surface area (Å²) in [4.78, 5) is 0. The summed E-state index contributed by atoms with van der Waals surface area (Å²) in [5.74, 6) is 1.88. The standard InChI is InChI=1S/C12H22N2O/c13-9-5-6-14-10-3-1-7-8(12(9)10)2-4-11(7)15/h7-12,14-15H,1-6,13H2. The molecule has 2 aliphatic carbocycles. The maximum Gasteiger partial charge on any atom is 0.0571 e. The monoisotopic (exact) mass is 210 g/mol. The molecule has 3 nitrogen and oxygen atoms in total. The van der Waals surface area contributed by atoms with E-state index in [1.165, 1.54) is 19.3 Å². The van der Waals surface area contributed by atoms with Crippen molar-refractivity contribution in [3.05, 3.63) is 0 Å². The Balaban J connectivity index is 1.81. The number of nitrogens with one attached hydrogen (secondary N) is 1. The Morgan fingerprint density at radius 1 is 1.00 bits per heavy atom. The molecule has 6 unspecified atom stereocenters. The average molecular weight is 210 g/mol. The molecule has 1 aliphatic heterocycles. The Kier molecular flexibility index (Phi) is 2.49. The van der Waals surface area contributed by atoms with Crippen LogP contribution in [0, 0.1) is 17.8 Å². The molecule has 3 aliphatic rings. The SMILES string of the molecule is NC1CCNC2CCC3C(O)CCC3C12. The molecule has 0 aromatic rings. The summed E-state index contributed by atoms with van der Waals surface area (Å²) in [6.45, 7) is 1.09. The third kappa shape index (κ3) is 1.52. The van der Waals surface area contributed by atoms with Crippen molar-refractivity contribution in [2.75, 3.05) is 6.54 Å². The van der Waals surface area contributed by atoms with Crippen LogP contribution in [0.3, 0.4) is 0 Å². The van der Waals surface area contributed by atoms with Gasteiger partial charge in [0.25, 0.3) is 0 Å². The number of nitrogens with two attached hydrogens (primary N) is 1. The van der Waals surface area contributed by atoms with E-state index < -0.39 is 0 Å². The molecule has 0 radical (unpaired) electrons. The van der Waals surface area contributed by atoms with Gasteiger partial charge in [0.1, 0.15) is 0 Å². The van der Waals surface area contributed by atoms with Crippen molar-refractivity contribution >= 4 is 0 Å². The number of piperidine rings is 1. The van der Waals surface area contributed by atoms with Gasteiger partial charge in [-0.25, -0.2) is 0 Å². The number of aliphatic hydroxyl groups is 1. The zero-order valence-electron chi connectivity index (χ0n) is 9.23. The Morgan fingerprint density at radius 2 is 1.80 bits per heavy atom. The Labute approximate surface area is 91.4 Å². The molecule has 1 heterocycles. The quantitative estimate of drug-likeness (QED) is 0.545. The number of rotatable bonds is 0. The molecule has 0 amide bonds. The van der Waals surface area contributed by atoms with Gasteiger partial charge < -0.3 is 16.2 Å². The molecule has 1 saturated heterocycles. The van der Waals surface area contributed by atoms with Gasteiger partial charge in [-0.15, -0.1) is 0 Å². The Hall–Kier alpha value is -0.120. The fraction of sp³-hybridized carbons (Fsp3) is 1.00. The third-order valence-corrected chi connectivity index (χ3v) is 4.99. The van der Waals surface area contributed by atoms with Crippen LogP contribution in [0.2, 0.25) is 0 Å². The minimum atomic E-state index is -0.0370. The summed E-state index contributed by atoms with van der Waals surface area (Å²) < 4.78 is 0. The van der Waals surface area contributed by atoms with Crippen molar-refractivity contribution in [1.29, 1.82) is 0 Å². The first kappa shape index (κ1) is 10.1. The van der Waals surface area contributed by atoms with Gasteiger partial charge in [-0.3, -0.25) is 0 Å². The molecule has 15 heavy (non-hydrogen) atoms. The second-order valence-electron chi connectivity index (χ2n) is 5.64. The van der Waals surface area contributed by atoms with E-state index in [1.807, 2.05) is 0 Å². The molecular weight excluding hydrogens is 188 g/mol. The highest BCUT2D eigenvalue weighted by Gasteiger charge is 2.48. The molecule has 0 spiro atoms. The lowest BCUT2D eigenvalue weighted by atomic mass is 9.66. The van der Waals surface area contributed by atoms with Crippen LogP contribution in [-0.2, 0) is 0 Å². The third-order valence-electron chi connectivity index (χ3n) is 4.99. The predicted octanol–water partition coefficient (Wildman–Crippen LogP) is 0.473. The summed E-state index contributed by atoms with van der Waals surface area (Å²) in [5.41, 5.74) is 6.27. The van der Waals surface area contributed by atoms with E-state index in [9.17, 15) is 5.11 Å². The molecule has 3 fully saturated rings. The van der Waals surface area contributed by atoms with Crippen molar-refractivity contribution in [1.82, 2.24) is 5.32 Å². The first-order valence-electron chi connectivity index (χ1n) is 6.44. The van der Waals surface area contributed by atoms with Gasteiger partial charge in [0.05, 0.1) is 6.10 Å². The molecule has 0 aromatic carbocycles. The smallest absolute Gasteiger partial charge is 0.0571 e. The van der Waals surface area contributed by atoms with Gasteiger partial charge in [-0.1, -0.05) is 0 Å². The minimum absolute atomic E-state index is 0.0370. The highest BCUT2D eigenvalue weighted by atomic mass is 16.3. The van der Waals surface area contributed by atoms with Crippen LogP contribution in [0.4, 0.5) is 0 Å². The van der Waals surface area contributed by atoms with Crippen molar-refractivity contribution in [3.8, 4) is 0 Å². The van der Waals surface area contributed by atoms with Crippen LogP contribution in [0.1, 0.15) is 32.1 Å². The molecule has 0 aromatic heterocycles. The highest BCUT2D eigenvalue weighted by Crippen LogP contribution is 2.47. The van der Waals surface area contributed by atoms with Gasteiger partial charge in [-0.05, 0) is 56.4 Å². The fourth-order valence-electron chi connectivity index (χ4n) is 4.31. The summed E-state index contributed by atoms with van der Waals surface area (Å²) in [7, 11) is 0. The number of hydrogen-bond acceptors (Lipinski definition) is 3. The van der Waals surface area contributed by atoms with Crippen molar-refractivity contribution in [3.63, 3.8) is 0 Å². The van der Waals surface area contributed by atoms with Crippen LogP contribution in [0.15, 0.2) is 0 Å². The molecule has 3 heteroatoms. The molecule has 3 rings (SSSR count). The van der Waals surface area contributed by atoms with Crippen molar-refractivity contribution in [2.24, 2.45) is 23.5 Å². The van der Waals surface area contributed by atoms with Crippen LogP contribution >= 0.6 is 0 Å². The lowest BCUT2D eigenvalue weighted by Gasteiger charge is -2.47. The summed E-state index contributed by atoms with van der Waals surface area (Å²) in [6, 6.07) is 1.01. The second-order valence-corrected chi connectivity index (χ2v) is 5.64. The van der Waals surface area contributed by atoms with Gasteiger partial charge in [-0.2, -0.15) is 0 Å². The lowest BCUT2D eigenvalue weighted by molar-refractivity contribution is 0.0348. The molecule has 4 N–H and O–H groups in total. The van der Waals surface area contributed by atoms with E-state index in [4.69, 9.17) is 5.73 Å².